The molecule has 0 atom stereocenters. The summed E-state index contributed by atoms with van der Waals surface area (Å²) in [4.78, 5) is 8.32. The lowest BCUT2D eigenvalue weighted by Gasteiger charge is -2.13. The highest BCUT2D eigenvalue weighted by molar-refractivity contribution is 14.0. The number of aryl methyl sites for hydroxylation is 1. The first-order chi connectivity index (χ1) is 13.0. The Morgan fingerprint density at radius 2 is 2.11 bits per heavy atom. The summed E-state index contributed by atoms with van der Waals surface area (Å²) >= 11 is 0. The van der Waals surface area contributed by atoms with Crippen molar-refractivity contribution >= 4 is 29.9 Å². The first kappa shape index (κ1) is 24.4. The molecule has 2 aromatic rings. The first-order valence-corrected chi connectivity index (χ1v) is 9.32. The summed E-state index contributed by atoms with van der Waals surface area (Å²) in [5.74, 6) is 1.72. The van der Waals surface area contributed by atoms with Crippen molar-refractivity contribution in [2.75, 3.05) is 26.8 Å². The summed E-state index contributed by atoms with van der Waals surface area (Å²) in [6, 6.07) is 5.20. The zero-order chi connectivity index (χ0) is 19.6. The molecule has 1 heterocycles. The Bertz CT molecular complexity index is 748. The lowest BCUT2D eigenvalue weighted by atomic mass is 10.2. The predicted molar refractivity (Wildman–Crippen MR) is 122 cm³/mol. The highest BCUT2D eigenvalue weighted by Gasteiger charge is 2.08. The van der Waals surface area contributed by atoms with E-state index >= 15 is 0 Å². The number of nitrogens with zero attached hydrogens (tertiary/aromatic N) is 3. The van der Waals surface area contributed by atoms with Crippen LogP contribution in [0.1, 0.15) is 31.7 Å². The van der Waals surface area contributed by atoms with Crippen molar-refractivity contribution in [2.45, 2.75) is 33.7 Å². The molecule has 2 N–H and O–H groups in total. The number of benzene rings is 1. The normalized spacial score (nSPS) is 11.4. The number of aliphatic imine (C=N–C) groups is 1. The number of imidazole rings is 1. The lowest BCUT2D eigenvalue weighted by Crippen LogP contribution is -2.37. The van der Waals surface area contributed by atoms with Gasteiger partial charge in [0.1, 0.15) is 11.6 Å². The van der Waals surface area contributed by atoms with E-state index in [-0.39, 0.29) is 29.8 Å². The van der Waals surface area contributed by atoms with E-state index in [0.717, 1.165) is 37.6 Å². The molecule has 0 aliphatic heterocycles. The first-order valence-electron chi connectivity index (χ1n) is 9.32. The molecular formula is C20H31FIN5O. The topological polar surface area (TPSA) is 63.5 Å². The Morgan fingerprint density at radius 3 is 2.71 bits per heavy atom. The summed E-state index contributed by atoms with van der Waals surface area (Å²) in [5.41, 5.74) is 1.34. The fourth-order valence-corrected chi connectivity index (χ4v) is 2.59. The van der Waals surface area contributed by atoms with Crippen molar-refractivity contribution in [3.8, 4) is 5.69 Å². The molecule has 0 unspecified atom stereocenters. The minimum atomic E-state index is -0.277. The van der Waals surface area contributed by atoms with E-state index in [1.165, 1.54) is 6.07 Å². The van der Waals surface area contributed by atoms with Crippen LogP contribution >= 0.6 is 24.0 Å². The van der Waals surface area contributed by atoms with Crippen LogP contribution in [0.15, 0.2) is 35.6 Å². The van der Waals surface area contributed by atoms with E-state index in [1.54, 1.807) is 30.1 Å². The number of ether oxygens (including phenoxy) is 1. The van der Waals surface area contributed by atoms with Gasteiger partial charge in [0.15, 0.2) is 5.96 Å². The molecule has 156 valence electrons. The molecule has 0 aliphatic rings. The monoisotopic (exact) mass is 503 g/mol. The maximum atomic E-state index is 14.4. The second-order valence-corrected chi connectivity index (χ2v) is 6.81. The average molecular weight is 503 g/mol. The van der Waals surface area contributed by atoms with Crippen LogP contribution in [0, 0.1) is 18.7 Å². The molecule has 0 amide bonds. The minimum absolute atomic E-state index is 0. The third kappa shape index (κ3) is 7.75. The second-order valence-electron chi connectivity index (χ2n) is 6.81. The third-order valence-corrected chi connectivity index (χ3v) is 3.99. The van der Waals surface area contributed by atoms with Gasteiger partial charge in [0.2, 0.25) is 0 Å². The van der Waals surface area contributed by atoms with Crippen LogP contribution in [-0.4, -0.2) is 42.3 Å². The molecule has 6 nitrogen and oxygen atoms in total. The van der Waals surface area contributed by atoms with Crippen LogP contribution < -0.4 is 10.6 Å². The van der Waals surface area contributed by atoms with Crippen LogP contribution in [0.4, 0.5) is 4.39 Å². The fourth-order valence-electron chi connectivity index (χ4n) is 2.59. The van der Waals surface area contributed by atoms with E-state index in [0.29, 0.717) is 24.1 Å². The molecule has 28 heavy (non-hydrogen) atoms. The van der Waals surface area contributed by atoms with E-state index in [2.05, 4.69) is 34.5 Å². The van der Waals surface area contributed by atoms with Gasteiger partial charge in [-0.05, 0) is 37.0 Å². The predicted octanol–water partition coefficient (Wildman–Crippen LogP) is 3.67. The molecule has 0 spiro atoms. The van der Waals surface area contributed by atoms with Crippen molar-refractivity contribution in [1.82, 2.24) is 20.2 Å². The molecule has 1 aromatic carbocycles. The summed E-state index contributed by atoms with van der Waals surface area (Å²) in [6.45, 7) is 8.88. The lowest BCUT2D eigenvalue weighted by molar-refractivity contribution is 0.108. The van der Waals surface area contributed by atoms with Crippen LogP contribution in [0.25, 0.3) is 5.69 Å². The zero-order valence-corrected chi connectivity index (χ0v) is 19.4. The number of guanidine groups is 1. The number of aromatic nitrogens is 2. The van der Waals surface area contributed by atoms with Gasteiger partial charge in [0, 0.05) is 45.7 Å². The minimum Gasteiger partial charge on any atom is -0.381 e. The SMILES string of the molecule is CN=C(NCCCOCC(C)C)NCc1ccc(-n2ccnc2C)c(F)c1.I. The van der Waals surface area contributed by atoms with Gasteiger partial charge in [0.05, 0.1) is 5.69 Å². The second kappa shape index (κ2) is 12.7. The molecule has 0 radical (unpaired) electrons. The molecule has 0 fully saturated rings. The zero-order valence-electron chi connectivity index (χ0n) is 17.0. The number of rotatable bonds is 9. The number of hydrogen-bond donors (Lipinski definition) is 2. The van der Waals surface area contributed by atoms with Crippen LogP contribution in [0.3, 0.4) is 0 Å². The summed E-state index contributed by atoms with van der Waals surface area (Å²) < 4.78 is 21.7. The Balaban J connectivity index is 0.00000392. The third-order valence-electron chi connectivity index (χ3n) is 3.99. The smallest absolute Gasteiger partial charge is 0.191 e. The van der Waals surface area contributed by atoms with Crippen molar-refractivity contribution in [3.05, 3.63) is 47.8 Å². The van der Waals surface area contributed by atoms with Gasteiger partial charge in [-0.25, -0.2) is 9.37 Å². The van der Waals surface area contributed by atoms with Crippen molar-refractivity contribution in [3.63, 3.8) is 0 Å². The van der Waals surface area contributed by atoms with Crippen molar-refractivity contribution in [2.24, 2.45) is 10.9 Å². The van der Waals surface area contributed by atoms with Gasteiger partial charge >= 0.3 is 0 Å². The quantitative estimate of drug-likeness (QED) is 0.237. The molecular weight excluding hydrogens is 472 g/mol. The molecule has 1 aromatic heterocycles. The summed E-state index contributed by atoms with van der Waals surface area (Å²) in [5, 5.41) is 6.44. The molecule has 0 bridgehead atoms. The molecule has 2 rings (SSSR count). The summed E-state index contributed by atoms with van der Waals surface area (Å²) in [7, 11) is 1.72. The van der Waals surface area contributed by atoms with Crippen LogP contribution in [-0.2, 0) is 11.3 Å². The largest absolute Gasteiger partial charge is 0.381 e. The highest BCUT2D eigenvalue weighted by atomic mass is 127. The van der Waals surface area contributed by atoms with Crippen LogP contribution in [0.2, 0.25) is 0 Å². The maximum Gasteiger partial charge on any atom is 0.191 e. The average Bonchev–Trinajstić information content (AvgIpc) is 3.06. The highest BCUT2D eigenvalue weighted by Crippen LogP contribution is 2.16. The van der Waals surface area contributed by atoms with Gasteiger partial charge in [-0.2, -0.15) is 0 Å². The maximum absolute atomic E-state index is 14.4. The molecule has 8 heteroatoms. The number of nitrogens with one attached hydrogen (secondary N) is 2. The Hall–Kier alpha value is -1.68. The Labute approximate surface area is 184 Å². The van der Waals surface area contributed by atoms with E-state index < -0.39 is 0 Å². The van der Waals surface area contributed by atoms with Gasteiger partial charge < -0.3 is 19.9 Å². The molecule has 0 saturated heterocycles. The van der Waals surface area contributed by atoms with Crippen molar-refractivity contribution < 1.29 is 9.13 Å². The standard InChI is InChI=1S/C20H30FN5O.HI/c1-15(2)14-27-11-5-8-24-20(22-4)25-13-17-6-7-19(18(21)12-17)26-10-9-23-16(26)3;/h6-7,9-10,12,15H,5,8,11,13-14H2,1-4H3,(H2,22,24,25);1H. The van der Waals surface area contributed by atoms with Gasteiger partial charge in [-0.3, -0.25) is 4.99 Å². The van der Waals surface area contributed by atoms with Crippen LogP contribution in [0.5, 0.6) is 0 Å². The molecule has 0 saturated carbocycles. The van der Waals surface area contributed by atoms with E-state index in [1.807, 2.05) is 13.0 Å². The van der Waals surface area contributed by atoms with Gasteiger partial charge in [0.25, 0.3) is 0 Å². The fraction of sp³-hybridized carbons (Fsp3) is 0.500. The molecule has 0 aliphatic carbocycles. The number of hydrogen-bond acceptors (Lipinski definition) is 3. The van der Waals surface area contributed by atoms with Gasteiger partial charge in [-0.15, -0.1) is 24.0 Å². The van der Waals surface area contributed by atoms with E-state index in [9.17, 15) is 4.39 Å². The Kier molecular flexibility index (Phi) is 11.1. The Morgan fingerprint density at radius 1 is 1.32 bits per heavy atom. The summed E-state index contributed by atoms with van der Waals surface area (Å²) in [6.07, 6.45) is 4.32. The van der Waals surface area contributed by atoms with Gasteiger partial charge in [-0.1, -0.05) is 19.9 Å². The number of halogens is 2. The van der Waals surface area contributed by atoms with E-state index in [4.69, 9.17) is 4.74 Å². The van der Waals surface area contributed by atoms with Crippen molar-refractivity contribution in [1.29, 1.82) is 0 Å².